The second kappa shape index (κ2) is 6.47. The number of nitrogens with zero attached hydrogens (tertiary/aromatic N) is 3. The van der Waals surface area contributed by atoms with Gasteiger partial charge in [0.25, 0.3) is 5.91 Å². The van der Waals surface area contributed by atoms with Crippen LogP contribution in [0.5, 0.6) is 0 Å². The van der Waals surface area contributed by atoms with Crippen LogP contribution >= 0.6 is 0 Å². The molecule has 1 aromatic heterocycles. The van der Waals surface area contributed by atoms with Crippen molar-refractivity contribution in [2.45, 2.75) is 31.7 Å². The van der Waals surface area contributed by atoms with E-state index < -0.39 is 9.84 Å². The van der Waals surface area contributed by atoms with Crippen molar-refractivity contribution >= 4 is 21.4 Å². The Hall–Kier alpha value is -1.63. The van der Waals surface area contributed by atoms with E-state index in [0.29, 0.717) is 12.1 Å². The first-order valence-corrected chi connectivity index (χ1v) is 9.97. The van der Waals surface area contributed by atoms with Gasteiger partial charge in [-0.2, -0.15) is 0 Å². The van der Waals surface area contributed by atoms with Crippen molar-refractivity contribution in [1.82, 2.24) is 9.88 Å². The van der Waals surface area contributed by atoms with Gasteiger partial charge in [-0.15, -0.1) is 0 Å². The zero-order chi connectivity index (χ0) is 16.4. The van der Waals surface area contributed by atoms with Crippen molar-refractivity contribution in [3.05, 3.63) is 24.0 Å². The maximum atomic E-state index is 12.4. The summed E-state index contributed by atoms with van der Waals surface area (Å²) in [7, 11) is -1.02. The smallest absolute Gasteiger partial charge is 0.272 e. The number of rotatable bonds is 3. The molecule has 1 amide bonds. The maximum Gasteiger partial charge on any atom is 0.272 e. The first-order valence-electron chi connectivity index (χ1n) is 8.15. The predicted molar refractivity (Wildman–Crippen MR) is 89.5 cm³/mol. The van der Waals surface area contributed by atoms with Crippen molar-refractivity contribution in [1.29, 1.82) is 0 Å². The predicted octanol–water partition coefficient (Wildman–Crippen LogP) is 1.33. The molecule has 1 aromatic rings. The Labute approximate surface area is 137 Å². The molecular formula is C16H23N3O3S. The summed E-state index contributed by atoms with van der Waals surface area (Å²) >= 11 is 0. The Morgan fingerprint density at radius 3 is 2.57 bits per heavy atom. The standard InChI is InChI=1S/C16H23N3O3S/c1-18(14-7-10-23(21,22)12-14)13-5-6-15(17-11-13)16(20)19-8-3-2-4-9-19/h5-6,11,14H,2-4,7-10,12H2,1H3. The second-order valence-corrected chi connectivity index (χ2v) is 8.65. The summed E-state index contributed by atoms with van der Waals surface area (Å²) in [5.41, 5.74) is 1.31. The molecule has 1 atom stereocenters. The average molecular weight is 337 g/mol. The number of sulfone groups is 1. The number of amides is 1. The molecule has 23 heavy (non-hydrogen) atoms. The Kier molecular flexibility index (Phi) is 4.57. The highest BCUT2D eigenvalue weighted by atomic mass is 32.2. The molecular weight excluding hydrogens is 314 g/mol. The van der Waals surface area contributed by atoms with Crippen LogP contribution in [0.2, 0.25) is 0 Å². The monoisotopic (exact) mass is 337 g/mol. The number of carbonyl (C=O) groups excluding carboxylic acids is 1. The van der Waals surface area contributed by atoms with E-state index in [0.717, 1.165) is 31.6 Å². The largest absolute Gasteiger partial charge is 0.369 e. The Morgan fingerprint density at radius 1 is 1.26 bits per heavy atom. The third-order valence-electron chi connectivity index (χ3n) is 4.77. The molecule has 126 valence electrons. The molecule has 3 rings (SSSR count). The molecule has 2 saturated heterocycles. The lowest BCUT2D eigenvalue weighted by Crippen LogP contribution is -2.36. The van der Waals surface area contributed by atoms with Crippen molar-refractivity contribution in [2.24, 2.45) is 0 Å². The first kappa shape index (κ1) is 16.2. The molecule has 0 radical (unpaired) electrons. The molecule has 2 fully saturated rings. The fraction of sp³-hybridized carbons (Fsp3) is 0.625. The zero-order valence-corrected chi connectivity index (χ0v) is 14.3. The summed E-state index contributed by atoms with van der Waals surface area (Å²) in [4.78, 5) is 20.5. The van der Waals surface area contributed by atoms with E-state index >= 15 is 0 Å². The van der Waals surface area contributed by atoms with Crippen LogP contribution in [0.1, 0.15) is 36.2 Å². The highest BCUT2D eigenvalue weighted by molar-refractivity contribution is 7.91. The van der Waals surface area contributed by atoms with Crippen LogP contribution < -0.4 is 4.90 Å². The Bertz CT molecular complexity index is 666. The number of likely N-dealkylation sites (tertiary alicyclic amines) is 1. The molecule has 0 saturated carbocycles. The van der Waals surface area contributed by atoms with Crippen molar-refractivity contribution in [3.63, 3.8) is 0 Å². The maximum absolute atomic E-state index is 12.4. The molecule has 2 aliphatic rings. The van der Waals surface area contributed by atoms with Crippen molar-refractivity contribution < 1.29 is 13.2 Å². The van der Waals surface area contributed by atoms with E-state index in [9.17, 15) is 13.2 Å². The van der Waals surface area contributed by atoms with E-state index in [1.54, 1.807) is 12.3 Å². The van der Waals surface area contributed by atoms with Crippen LogP contribution in [-0.4, -0.2) is 61.9 Å². The van der Waals surface area contributed by atoms with Gasteiger partial charge < -0.3 is 9.80 Å². The van der Waals surface area contributed by atoms with Gasteiger partial charge in [-0.25, -0.2) is 13.4 Å². The number of anilines is 1. The minimum atomic E-state index is -2.91. The average Bonchev–Trinajstić information content (AvgIpc) is 2.94. The van der Waals surface area contributed by atoms with Gasteiger partial charge in [-0.05, 0) is 37.8 Å². The minimum Gasteiger partial charge on any atom is -0.369 e. The van der Waals surface area contributed by atoms with E-state index in [1.165, 1.54) is 6.42 Å². The second-order valence-electron chi connectivity index (χ2n) is 6.42. The number of hydrogen-bond acceptors (Lipinski definition) is 5. The summed E-state index contributed by atoms with van der Waals surface area (Å²) in [6.07, 6.45) is 5.62. The van der Waals surface area contributed by atoms with Crippen molar-refractivity contribution in [3.8, 4) is 0 Å². The molecule has 0 N–H and O–H groups in total. The quantitative estimate of drug-likeness (QED) is 0.832. The summed E-state index contributed by atoms with van der Waals surface area (Å²) in [5.74, 6) is 0.432. The van der Waals surface area contributed by atoms with Crippen LogP contribution in [0.25, 0.3) is 0 Å². The van der Waals surface area contributed by atoms with Crippen molar-refractivity contribution in [2.75, 3.05) is 36.5 Å². The van der Waals surface area contributed by atoms with Gasteiger partial charge >= 0.3 is 0 Å². The topological polar surface area (TPSA) is 70.6 Å². The SMILES string of the molecule is CN(c1ccc(C(=O)N2CCCCC2)nc1)C1CCS(=O)(=O)C1. The summed E-state index contributed by atoms with van der Waals surface area (Å²) in [5, 5.41) is 0. The highest BCUT2D eigenvalue weighted by Gasteiger charge is 2.31. The zero-order valence-electron chi connectivity index (χ0n) is 13.4. The molecule has 0 aromatic carbocycles. The van der Waals surface area contributed by atoms with E-state index in [4.69, 9.17) is 0 Å². The van der Waals surface area contributed by atoms with Crippen LogP contribution in [0.15, 0.2) is 18.3 Å². The molecule has 0 aliphatic carbocycles. The summed E-state index contributed by atoms with van der Waals surface area (Å²) in [6.45, 7) is 1.62. The van der Waals surface area contributed by atoms with Gasteiger partial charge in [0, 0.05) is 26.2 Å². The van der Waals surface area contributed by atoms with E-state index in [1.807, 2.05) is 22.9 Å². The third-order valence-corrected chi connectivity index (χ3v) is 6.52. The van der Waals surface area contributed by atoms with E-state index in [2.05, 4.69) is 4.98 Å². The minimum absolute atomic E-state index is 0.00885. The number of aromatic nitrogens is 1. The third kappa shape index (κ3) is 3.65. The molecule has 2 aliphatic heterocycles. The summed E-state index contributed by atoms with van der Waals surface area (Å²) in [6, 6.07) is 3.59. The van der Waals surface area contributed by atoms with Crippen LogP contribution in [0.3, 0.4) is 0 Å². The van der Waals surface area contributed by atoms with Crippen LogP contribution in [-0.2, 0) is 9.84 Å². The molecule has 1 unspecified atom stereocenters. The Balaban J connectivity index is 1.68. The molecule has 6 nitrogen and oxygen atoms in total. The summed E-state index contributed by atoms with van der Waals surface area (Å²) < 4.78 is 23.2. The first-order chi connectivity index (χ1) is 11.0. The lowest BCUT2D eigenvalue weighted by molar-refractivity contribution is 0.0718. The Morgan fingerprint density at radius 2 is 2.00 bits per heavy atom. The van der Waals surface area contributed by atoms with Gasteiger partial charge in [-0.3, -0.25) is 4.79 Å². The fourth-order valence-corrected chi connectivity index (χ4v) is 5.05. The van der Waals surface area contributed by atoms with Gasteiger partial charge in [0.05, 0.1) is 23.4 Å². The van der Waals surface area contributed by atoms with Gasteiger partial charge in [0.15, 0.2) is 9.84 Å². The molecule has 0 spiro atoms. The number of carbonyl (C=O) groups is 1. The number of hydrogen-bond donors (Lipinski definition) is 0. The lowest BCUT2D eigenvalue weighted by atomic mass is 10.1. The fourth-order valence-electron chi connectivity index (χ4n) is 3.27. The van der Waals surface area contributed by atoms with E-state index in [-0.39, 0.29) is 23.5 Å². The lowest BCUT2D eigenvalue weighted by Gasteiger charge is -2.27. The number of pyridine rings is 1. The molecule has 3 heterocycles. The number of piperidine rings is 1. The molecule has 7 heteroatoms. The molecule has 0 bridgehead atoms. The van der Waals surface area contributed by atoms with Gasteiger partial charge in [0.1, 0.15) is 5.69 Å². The van der Waals surface area contributed by atoms with Crippen LogP contribution in [0, 0.1) is 0 Å². The normalized spacial score (nSPS) is 23.7. The van der Waals surface area contributed by atoms with Crippen LogP contribution in [0.4, 0.5) is 5.69 Å². The highest BCUT2D eigenvalue weighted by Crippen LogP contribution is 2.22. The van der Waals surface area contributed by atoms with Gasteiger partial charge in [-0.1, -0.05) is 0 Å². The van der Waals surface area contributed by atoms with Gasteiger partial charge in [0.2, 0.25) is 0 Å².